The summed E-state index contributed by atoms with van der Waals surface area (Å²) in [6, 6.07) is 7.38. The minimum atomic E-state index is -0.907. The lowest BCUT2D eigenvalue weighted by Crippen LogP contribution is -2.72. The van der Waals surface area contributed by atoms with Gasteiger partial charge in [-0.1, -0.05) is 65.0 Å². The molecule has 2 N–H and O–H groups in total. The molecule has 1 aromatic carbocycles. The van der Waals surface area contributed by atoms with E-state index in [2.05, 4.69) is 54.2 Å². The number of carbonyl (C=O) groups is 2. The summed E-state index contributed by atoms with van der Waals surface area (Å²) in [5, 5.41) is 20.5. The van der Waals surface area contributed by atoms with Crippen LogP contribution in [0.15, 0.2) is 42.5 Å². The van der Waals surface area contributed by atoms with Crippen LogP contribution in [0.3, 0.4) is 0 Å². The van der Waals surface area contributed by atoms with E-state index in [1.54, 1.807) is 12.1 Å². The number of rotatable bonds is 4. The Labute approximate surface area is 275 Å². The van der Waals surface area contributed by atoms with E-state index < -0.39 is 23.1 Å². The van der Waals surface area contributed by atoms with Crippen LogP contribution in [0.4, 0.5) is 0 Å². The van der Waals surface area contributed by atoms with Gasteiger partial charge in [0.25, 0.3) is 0 Å². The minimum Gasteiger partial charge on any atom is -0.481 e. The molecular weight excluding hydrogens is 576 g/mol. The Kier molecular flexibility index (Phi) is 6.85. The van der Waals surface area contributed by atoms with Gasteiger partial charge in [0.15, 0.2) is 5.79 Å². The van der Waals surface area contributed by atoms with Crippen LogP contribution in [0.5, 0.6) is 0 Å². The molecule has 0 spiro atoms. The van der Waals surface area contributed by atoms with Crippen molar-refractivity contribution in [3.63, 3.8) is 0 Å². The second kappa shape index (κ2) is 9.81. The number of fused-ring (bicyclic) bond motifs is 4. The van der Waals surface area contributed by atoms with Gasteiger partial charge < -0.3 is 19.7 Å². The third-order valence-electron chi connectivity index (χ3n) is 15.4. The summed E-state index contributed by atoms with van der Waals surface area (Å²) < 4.78 is 14.3. The number of carboxylic acid groups (broad SMARTS) is 2. The summed E-state index contributed by atoms with van der Waals surface area (Å²) in [6.45, 7) is 22.9. The zero-order chi connectivity index (χ0) is 33.4. The maximum Gasteiger partial charge on any atom is 0.335 e. The molecule has 6 heteroatoms. The molecule has 1 aliphatic heterocycles. The van der Waals surface area contributed by atoms with Crippen molar-refractivity contribution in [2.45, 2.75) is 118 Å². The molecule has 7 rings (SSSR count). The summed E-state index contributed by atoms with van der Waals surface area (Å²) in [5.74, 6) is -1.21. The van der Waals surface area contributed by atoms with Crippen molar-refractivity contribution in [2.75, 3.05) is 0 Å². The van der Waals surface area contributed by atoms with Gasteiger partial charge in [0.2, 0.25) is 0 Å². The molecule has 11 atom stereocenters. The number of benzene rings is 1. The minimum absolute atomic E-state index is 0.0143. The van der Waals surface area contributed by atoms with Crippen LogP contribution < -0.4 is 0 Å². The maximum absolute atomic E-state index is 13.3. The lowest BCUT2D eigenvalue weighted by Gasteiger charge is -2.73. The number of carboxylic acids is 2. The van der Waals surface area contributed by atoms with E-state index in [0.717, 1.165) is 43.2 Å². The third kappa shape index (κ3) is 3.89. The number of aliphatic carboxylic acids is 1. The van der Waals surface area contributed by atoms with Crippen LogP contribution in [0, 0.1) is 56.7 Å². The highest BCUT2D eigenvalue weighted by atomic mass is 16.7. The van der Waals surface area contributed by atoms with Gasteiger partial charge in [-0.15, -0.1) is 0 Å². The van der Waals surface area contributed by atoms with E-state index in [-0.39, 0.29) is 51.6 Å². The fourth-order valence-electron chi connectivity index (χ4n) is 13.4. The Bertz CT molecular complexity index is 1520. The van der Waals surface area contributed by atoms with Crippen molar-refractivity contribution >= 4 is 17.5 Å². The average Bonchev–Trinajstić information content (AvgIpc) is 3.33. The number of ether oxygens (including phenoxy) is 2. The third-order valence-corrected chi connectivity index (χ3v) is 15.4. The van der Waals surface area contributed by atoms with Crippen LogP contribution in [0.25, 0.3) is 5.57 Å². The van der Waals surface area contributed by atoms with Crippen molar-refractivity contribution in [2.24, 2.45) is 56.7 Å². The highest BCUT2D eigenvalue weighted by molar-refractivity contribution is 5.88. The van der Waals surface area contributed by atoms with Gasteiger partial charge in [-0.25, -0.2) is 4.79 Å². The first-order valence-corrected chi connectivity index (χ1v) is 17.6. The molecule has 1 saturated heterocycles. The quantitative estimate of drug-likeness (QED) is 0.323. The van der Waals surface area contributed by atoms with Gasteiger partial charge in [0, 0.05) is 10.8 Å². The standard InChI is InChI=1S/C40H54O6/c1-22(2)25-16-19-40(34(43)44)21-31-38(8)27(32(25)40)14-15-28-37(7)18-17-26(23-10-12-24(13-11-23)33(41)42)35(3,4)29(37)20-30(39(28,38)9)45-36(5,6)46-31/h10-13,17,25,27-32H,1,14-16,18-21H2,2-9H3,(H,41,42)(H,43,44)/t25-,27+,28+,29-,30-,31-,32+,37+,38-,39-,40-/m0/s1. The first kappa shape index (κ1) is 32.1. The normalized spacial score (nSPS) is 46.5. The van der Waals surface area contributed by atoms with Crippen molar-refractivity contribution in [1.29, 1.82) is 0 Å². The molecule has 4 saturated carbocycles. The molecule has 0 radical (unpaired) electrons. The number of hydrogen-bond acceptors (Lipinski definition) is 4. The van der Waals surface area contributed by atoms with Crippen LogP contribution in [-0.2, 0) is 14.3 Å². The van der Waals surface area contributed by atoms with Gasteiger partial charge in [-0.05, 0) is 129 Å². The molecule has 5 aliphatic carbocycles. The van der Waals surface area contributed by atoms with Crippen molar-refractivity contribution in [3.8, 4) is 0 Å². The highest BCUT2D eigenvalue weighted by Gasteiger charge is 2.78. The molecule has 250 valence electrons. The smallest absolute Gasteiger partial charge is 0.335 e. The summed E-state index contributed by atoms with van der Waals surface area (Å²) in [7, 11) is 0. The largest absolute Gasteiger partial charge is 0.481 e. The molecule has 0 amide bonds. The van der Waals surface area contributed by atoms with E-state index in [4.69, 9.17) is 9.47 Å². The van der Waals surface area contributed by atoms with Crippen molar-refractivity contribution < 1.29 is 29.3 Å². The SMILES string of the molecule is C=C(C)[C@@H]1CC[C@]2(C(=O)O)C[C@@H]3OC(C)(C)O[C@H]4C[C@H]5C(C)(C)C(c6ccc(C(=O)O)cc6)=CC[C@]5(C)[C@H]5CC[C@H]([C@@H]12)[C@]3(C)[C@]45C. The van der Waals surface area contributed by atoms with Gasteiger partial charge in [0.1, 0.15) is 0 Å². The number of allylic oxidation sites excluding steroid dienone is 3. The van der Waals surface area contributed by atoms with Crippen LogP contribution in [0.2, 0.25) is 0 Å². The lowest BCUT2D eigenvalue weighted by molar-refractivity contribution is -0.275. The van der Waals surface area contributed by atoms with Gasteiger partial charge >= 0.3 is 11.9 Å². The van der Waals surface area contributed by atoms with Crippen molar-refractivity contribution in [3.05, 3.63) is 53.6 Å². The Morgan fingerprint density at radius 3 is 2.13 bits per heavy atom. The van der Waals surface area contributed by atoms with Crippen LogP contribution in [0.1, 0.15) is 116 Å². The molecule has 1 heterocycles. The van der Waals surface area contributed by atoms with Gasteiger partial charge in [0.05, 0.1) is 23.2 Å². The topological polar surface area (TPSA) is 93.1 Å². The van der Waals surface area contributed by atoms with Crippen LogP contribution >= 0.6 is 0 Å². The molecule has 5 fully saturated rings. The maximum atomic E-state index is 13.3. The monoisotopic (exact) mass is 630 g/mol. The molecule has 46 heavy (non-hydrogen) atoms. The average molecular weight is 631 g/mol. The summed E-state index contributed by atoms with van der Waals surface area (Å²) in [5.41, 5.74) is 2.40. The molecule has 0 bridgehead atoms. The first-order valence-electron chi connectivity index (χ1n) is 17.6. The zero-order valence-electron chi connectivity index (χ0n) is 29.1. The van der Waals surface area contributed by atoms with E-state index in [1.165, 1.54) is 5.57 Å². The molecule has 6 nitrogen and oxygen atoms in total. The fraction of sp³-hybridized carbons (Fsp3) is 0.700. The Balaban J connectivity index is 1.37. The number of hydrogen-bond donors (Lipinski definition) is 2. The Hall–Kier alpha value is -2.44. The second-order valence-corrected chi connectivity index (χ2v) is 17.8. The second-order valence-electron chi connectivity index (χ2n) is 17.8. The predicted octanol–water partition coefficient (Wildman–Crippen LogP) is 8.86. The molecular formula is C40H54O6. The van der Waals surface area contributed by atoms with E-state index in [9.17, 15) is 19.8 Å². The fourth-order valence-corrected chi connectivity index (χ4v) is 13.4. The van der Waals surface area contributed by atoms with Gasteiger partial charge in [-0.3, -0.25) is 4.79 Å². The van der Waals surface area contributed by atoms with E-state index in [0.29, 0.717) is 30.2 Å². The first-order chi connectivity index (χ1) is 21.3. The zero-order valence-corrected chi connectivity index (χ0v) is 29.1. The van der Waals surface area contributed by atoms with Crippen LogP contribution in [-0.4, -0.2) is 40.1 Å². The summed E-state index contributed by atoms with van der Waals surface area (Å²) in [4.78, 5) is 24.9. The number of aromatic carboxylic acids is 1. The molecule has 0 unspecified atom stereocenters. The lowest BCUT2D eigenvalue weighted by atomic mass is 9.31. The van der Waals surface area contributed by atoms with Gasteiger partial charge in [-0.2, -0.15) is 0 Å². The molecule has 6 aliphatic rings. The molecule has 1 aromatic rings. The Morgan fingerprint density at radius 2 is 1.52 bits per heavy atom. The highest BCUT2D eigenvalue weighted by Crippen LogP contribution is 2.79. The predicted molar refractivity (Wildman–Crippen MR) is 178 cm³/mol. The summed E-state index contributed by atoms with van der Waals surface area (Å²) >= 11 is 0. The Morgan fingerprint density at radius 1 is 0.870 bits per heavy atom. The van der Waals surface area contributed by atoms with E-state index in [1.807, 2.05) is 26.0 Å². The molecule has 0 aromatic heterocycles. The summed E-state index contributed by atoms with van der Waals surface area (Å²) in [6.07, 6.45) is 8.23. The van der Waals surface area contributed by atoms with Crippen molar-refractivity contribution in [1.82, 2.24) is 0 Å². The van der Waals surface area contributed by atoms with E-state index >= 15 is 0 Å².